The first-order chi connectivity index (χ1) is 9.47. The van der Waals surface area contributed by atoms with Gasteiger partial charge in [-0.2, -0.15) is 0 Å². The monoisotopic (exact) mass is 284 g/mol. The minimum atomic E-state index is -0.901. The summed E-state index contributed by atoms with van der Waals surface area (Å²) in [4.78, 5) is 25.3. The summed E-state index contributed by atoms with van der Waals surface area (Å²) in [5.41, 5.74) is 5.85. The van der Waals surface area contributed by atoms with E-state index in [2.05, 4.69) is 0 Å². The van der Waals surface area contributed by atoms with Gasteiger partial charge in [0.2, 0.25) is 5.91 Å². The van der Waals surface area contributed by atoms with Crippen LogP contribution < -0.4 is 5.73 Å². The molecule has 1 saturated heterocycles. The van der Waals surface area contributed by atoms with Crippen molar-refractivity contribution in [3.8, 4) is 0 Å². The number of nitrogens with two attached hydrogens (primary N) is 1. The largest absolute Gasteiger partial charge is 0.481 e. The molecule has 0 aromatic heterocycles. The minimum absolute atomic E-state index is 0.0429. The van der Waals surface area contributed by atoms with Crippen molar-refractivity contribution in [2.45, 2.75) is 50.6 Å². The zero-order chi connectivity index (χ0) is 14.8. The van der Waals surface area contributed by atoms with E-state index in [1.54, 1.807) is 4.90 Å². The molecule has 1 aliphatic carbocycles. The first-order valence-electron chi connectivity index (χ1n) is 7.36. The van der Waals surface area contributed by atoms with Crippen LogP contribution in [0.2, 0.25) is 0 Å². The number of amides is 1. The third-order valence-electron chi connectivity index (χ3n) is 4.53. The van der Waals surface area contributed by atoms with Gasteiger partial charge in [0.05, 0.1) is 19.3 Å². The van der Waals surface area contributed by atoms with Gasteiger partial charge in [0.1, 0.15) is 5.92 Å². The molecule has 2 rings (SSSR count). The molecule has 0 bridgehead atoms. The highest BCUT2D eigenvalue weighted by molar-refractivity contribution is 5.79. The molecular weight excluding hydrogens is 260 g/mol. The zero-order valence-electron chi connectivity index (χ0n) is 12.0. The van der Waals surface area contributed by atoms with Crippen LogP contribution in [0.15, 0.2) is 0 Å². The SMILES string of the molecule is CCN(C(=O)CC1(N)CCCC1)C1COCC1C(=O)O. The summed E-state index contributed by atoms with van der Waals surface area (Å²) in [7, 11) is 0. The van der Waals surface area contributed by atoms with Crippen LogP contribution in [0.3, 0.4) is 0 Å². The van der Waals surface area contributed by atoms with Crippen LogP contribution >= 0.6 is 0 Å². The Labute approximate surface area is 119 Å². The van der Waals surface area contributed by atoms with Crippen molar-refractivity contribution in [3.05, 3.63) is 0 Å². The van der Waals surface area contributed by atoms with E-state index in [9.17, 15) is 14.7 Å². The van der Waals surface area contributed by atoms with Gasteiger partial charge in [0.25, 0.3) is 0 Å². The quantitative estimate of drug-likeness (QED) is 0.771. The van der Waals surface area contributed by atoms with E-state index in [1.165, 1.54) is 0 Å². The van der Waals surface area contributed by atoms with Crippen molar-refractivity contribution in [2.75, 3.05) is 19.8 Å². The Morgan fingerprint density at radius 1 is 1.35 bits per heavy atom. The average Bonchev–Trinajstić information content (AvgIpc) is 2.99. The minimum Gasteiger partial charge on any atom is -0.481 e. The number of hydrogen-bond donors (Lipinski definition) is 2. The van der Waals surface area contributed by atoms with E-state index in [0.29, 0.717) is 19.6 Å². The molecule has 0 aromatic rings. The molecule has 2 atom stereocenters. The lowest BCUT2D eigenvalue weighted by Crippen LogP contribution is -2.50. The van der Waals surface area contributed by atoms with E-state index in [0.717, 1.165) is 25.7 Å². The predicted molar refractivity (Wildman–Crippen MR) is 73.1 cm³/mol. The Balaban J connectivity index is 2.03. The van der Waals surface area contributed by atoms with Crippen molar-refractivity contribution in [1.29, 1.82) is 0 Å². The second-order valence-corrected chi connectivity index (χ2v) is 5.98. The van der Waals surface area contributed by atoms with Gasteiger partial charge in [-0.3, -0.25) is 9.59 Å². The van der Waals surface area contributed by atoms with Crippen LogP contribution in [0.5, 0.6) is 0 Å². The first-order valence-corrected chi connectivity index (χ1v) is 7.36. The number of carbonyl (C=O) groups excluding carboxylic acids is 1. The Bertz CT molecular complexity index is 379. The van der Waals surface area contributed by atoms with Gasteiger partial charge in [-0.1, -0.05) is 12.8 Å². The van der Waals surface area contributed by atoms with Crippen LogP contribution in [0.25, 0.3) is 0 Å². The molecule has 2 aliphatic rings. The highest BCUT2D eigenvalue weighted by atomic mass is 16.5. The fourth-order valence-electron chi connectivity index (χ4n) is 3.34. The number of carboxylic acids is 1. The molecule has 1 saturated carbocycles. The lowest BCUT2D eigenvalue weighted by Gasteiger charge is -2.32. The van der Waals surface area contributed by atoms with E-state index in [-0.39, 0.29) is 18.6 Å². The molecule has 6 heteroatoms. The number of hydrogen-bond acceptors (Lipinski definition) is 4. The molecule has 114 valence electrons. The molecule has 6 nitrogen and oxygen atoms in total. The number of aliphatic carboxylic acids is 1. The maximum atomic E-state index is 12.5. The van der Waals surface area contributed by atoms with Crippen LogP contribution in [-0.2, 0) is 14.3 Å². The van der Waals surface area contributed by atoms with Gasteiger partial charge in [-0.05, 0) is 19.8 Å². The van der Waals surface area contributed by atoms with Crippen molar-refractivity contribution >= 4 is 11.9 Å². The zero-order valence-corrected chi connectivity index (χ0v) is 12.0. The molecule has 2 fully saturated rings. The van der Waals surface area contributed by atoms with Crippen molar-refractivity contribution in [3.63, 3.8) is 0 Å². The molecule has 3 N–H and O–H groups in total. The van der Waals surface area contributed by atoms with Gasteiger partial charge in [0.15, 0.2) is 0 Å². The van der Waals surface area contributed by atoms with Gasteiger partial charge >= 0.3 is 5.97 Å². The molecule has 0 aromatic carbocycles. The smallest absolute Gasteiger partial charge is 0.311 e. The molecule has 1 amide bonds. The summed E-state index contributed by atoms with van der Waals surface area (Å²) in [6.45, 7) is 2.84. The number of ether oxygens (including phenoxy) is 1. The van der Waals surface area contributed by atoms with Gasteiger partial charge in [-0.15, -0.1) is 0 Å². The van der Waals surface area contributed by atoms with E-state index >= 15 is 0 Å². The Morgan fingerprint density at radius 3 is 2.55 bits per heavy atom. The van der Waals surface area contributed by atoms with E-state index in [4.69, 9.17) is 10.5 Å². The van der Waals surface area contributed by atoms with Crippen molar-refractivity contribution < 1.29 is 19.4 Å². The topological polar surface area (TPSA) is 92.9 Å². The van der Waals surface area contributed by atoms with Crippen LogP contribution in [0.4, 0.5) is 0 Å². The van der Waals surface area contributed by atoms with Gasteiger partial charge in [0, 0.05) is 18.5 Å². The average molecular weight is 284 g/mol. The number of likely N-dealkylation sites (N-methyl/N-ethyl adjacent to an activating group) is 1. The second kappa shape index (κ2) is 6.10. The normalized spacial score (nSPS) is 28.5. The number of rotatable bonds is 5. The summed E-state index contributed by atoms with van der Waals surface area (Å²) >= 11 is 0. The molecule has 20 heavy (non-hydrogen) atoms. The lowest BCUT2D eigenvalue weighted by atomic mass is 9.93. The predicted octanol–water partition coefficient (Wildman–Crippen LogP) is 0.596. The maximum absolute atomic E-state index is 12.5. The fourth-order valence-corrected chi connectivity index (χ4v) is 3.34. The van der Waals surface area contributed by atoms with Crippen LogP contribution in [0.1, 0.15) is 39.0 Å². The van der Waals surface area contributed by atoms with Crippen LogP contribution in [0, 0.1) is 5.92 Å². The number of carboxylic acid groups (broad SMARTS) is 1. The standard InChI is InChI=1S/C14H24N2O4/c1-2-16(11-9-20-8-10(11)13(18)19)12(17)7-14(15)5-3-4-6-14/h10-11H,2-9,15H2,1H3,(H,18,19). The Morgan fingerprint density at radius 2 is 2.00 bits per heavy atom. The second-order valence-electron chi connectivity index (χ2n) is 5.98. The summed E-state index contributed by atoms with van der Waals surface area (Å²) in [6, 6.07) is -0.366. The number of carbonyl (C=O) groups is 2. The van der Waals surface area contributed by atoms with Crippen molar-refractivity contribution in [2.24, 2.45) is 11.7 Å². The van der Waals surface area contributed by atoms with E-state index in [1.807, 2.05) is 6.92 Å². The molecule has 1 heterocycles. The third-order valence-corrected chi connectivity index (χ3v) is 4.53. The molecule has 0 radical (unpaired) electrons. The summed E-state index contributed by atoms with van der Waals surface area (Å²) in [6.07, 6.45) is 4.20. The third kappa shape index (κ3) is 3.12. The summed E-state index contributed by atoms with van der Waals surface area (Å²) < 4.78 is 5.25. The highest BCUT2D eigenvalue weighted by Gasteiger charge is 2.41. The first kappa shape index (κ1) is 15.3. The van der Waals surface area contributed by atoms with Gasteiger partial charge in [-0.25, -0.2) is 0 Å². The van der Waals surface area contributed by atoms with Crippen LogP contribution in [-0.4, -0.2) is 53.2 Å². The van der Waals surface area contributed by atoms with Crippen molar-refractivity contribution in [1.82, 2.24) is 4.90 Å². The molecular formula is C14H24N2O4. The number of nitrogens with zero attached hydrogens (tertiary/aromatic N) is 1. The molecule has 0 spiro atoms. The summed E-state index contributed by atoms with van der Waals surface area (Å²) in [5, 5.41) is 9.20. The highest BCUT2D eigenvalue weighted by Crippen LogP contribution is 2.31. The van der Waals surface area contributed by atoms with Gasteiger partial charge < -0.3 is 20.5 Å². The van der Waals surface area contributed by atoms with E-state index < -0.39 is 17.4 Å². The Kier molecular flexibility index (Phi) is 4.65. The summed E-state index contributed by atoms with van der Waals surface area (Å²) in [5.74, 6) is -1.57. The Hall–Kier alpha value is -1.14. The maximum Gasteiger partial charge on any atom is 0.311 e. The fraction of sp³-hybridized carbons (Fsp3) is 0.857. The molecule has 1 aliphatic heterocycles. The lowest BCUT2D eigenvalue weighted by molar-refractivity contribution is -0.145. The molecule has 2 unspecified atom stereocenters.